The maximum absolute atomic E-state index is 12.6. The predicted molar refractivity (Wildman–Crippen MR) is 92.9 cm³/mol. The van der Waals surface area contributed by atoms with Crippen molar-refractivity contribution in [3.63, 3.8) is 0 Å². The fraction of sp³-hybridized carbons (Fsp3) is 0.579. The Labute approximate surface area is 149 Å². The molecule has 0 aromatic heterocycles. The van der Waals surface area contributed by atoms with Gasteiger partial charge in [-0.05, 0) is 24.5 Å². The maximum Gasteiger partial charge on any atom is 0.350 e. The van der Waals surface area contributed by atoms with Crippen molar-refractivity contribution < 1.29 is 23.9 Å². The second-order valence-corrected chi connectivity index (χ2v) is 6.37. The third-order valence-electron chi connectivity index (χ3n) is 4.73. The Balaban J connectivity index is 2.13. The van der Waals surface area contributed by atoms with E-state index in [0.29, 0.717) is 25.9 Å². The number of carbonyl (C=O) groups is 2. The molecule has 1 aromatic rings. The largest absolute Gasteiger partial charge is 0.466 e. The topological polar surface area (TPSA) is 65.1 Å². The number of rotatable bonds is 6. The maximum atomic E-state index is 12.6. The summed E-state index contributed by atoms with van der Waals surface area (Å²) in [7, 11) is 2.90. The van der Waals surface area contributed by atoms with Crippen LogP contribution in [0.25, 0.3) is 0 Å². The molecule has 1 aromatic carbocycles. The van der Waals surface area contributed by atoms with Gasteiger partial charge in [0, 0.05) is 25.9 Å². The summed E-state index contributed by atoms with van der Waals surface area (Å²) in [5.41, 5.74) is 1.93. The number of benzene rings is 1. The molecule has 2 rings (SSSR count). The van der Waals surface area contributed by atoms with E-state index in [1.54, 1.807) is 12.2 Å². The number of methoxy groups -OCH3 is 1. The summed E-state index contributed by atoms with van der Waals surface area (Å²) in [6, 6.07) is 6.06. The molecular formula is C19H27NO5. The number of carbonyl (C=O) groups excluding carboxylic acids is 2. The molecule has 1 saturated heterocycles. The molecule has 1 aliphatic rings. The van der Waals surface area contributed by atoms with E-state index in [1.807, 2.05) is 25.1 Å². The standard InChI is InChI=1S/C19H27NO5/c1-5-15-7-6-14(2)12-16(15)13-17(21)25-19(18(22)23-3)8-10-20(24-4)11-9-19/h6-7,12H,5,8-11,13H2,1-4H3. The van der Waals surface area contributed by atoms with Gasteiger partial charge in [0.15, 0.2) is 0 Å². The van der Waals surface area contributed by atoms with Crippen molar-refractivity contribution in [2.75, 3.05) is 27.3 Å². The first-order chi connectivity index (χ1) is 11.9. The van der Waals surface area contributed by atoms with Gasteiger partial charge in [0.05, 0.1) is 20.6 Å². The molecule has 0 amide bonds. The zero-order chi connectivity index (χ0) is 18.4. The van der Waals surface area contributed by atoms with Crippen molar-refractivity contribution in [3.8, 4) is 0 Å². The van der Waals surface area contributed by atoms with E-state index in [0.717, 1.165) is 23.1 Å². The van der Waals surface area contributed by atoms with E-state index >= 15 is 0 Å². The first-order valence-corrected chi connectivity index (χ1v) is 8.62. The zero-order valence-electron chi connectivity index (χ0n) is 15.5. The van der Waals surface area contributed by atoms with Crippen molar-refractivity contribution >= 4 is 11.9 Å². The molecule has 0 aliphatic carbocycles. The van der Waals surface area contributed by atoms with Crippen LogP contribution in [0.5, 0.6) is 0 Å². The van der Waals surface area contributed by atoms with Gasteiger partial charge >= 0.3 is 11.9 Å². The quantitative estimate of drug-likeness (QED) is 0.734. The van der Waals surface area contributed by atoms with Gasteiger partial charge in [-0.1, -0.05) is 30.7 Å². The third-order valence-corrected chi connectivity index (χ3v) is 4.73. The van der Waals surface area contributed by atoms with Gasteiger partial charge in [0.25, 0.3) is 0 Å². The average molecular weight is 349 g/mol. The Bertz CT molecular complexity index is 620. The molecule has 138 valence electrons. The number of esters is 2. The molecule has 25 heavy (non-hydrogen) atoms. The average Bonchev–Trinajstić information content (AvgIpc) is 2.61. The molecule has 1 aliphatic heterocycles. The van der Waals surface area contributed by atoms with Crippen LogP contribution < -0.4 is 0 Å². The molecule has 0 bridgehead atoms. The monoisotopic (exact) mass is 349 g/mol. The molecule has 0 saturated carbocycles. The number of piperidine rings is 1. The van der Waals surface area contributed by atoms with E-state index in [2.05, 4.69) is 6.92 Å². The van der Waals surface area contributed by atoms with Crippen molar-refractivity contribution in [2.45, 2.75) is 45.1 Å². The van der Waals surface area contributed by atoms with Gasteiger partial charge in [-0.3, -0.25) is 4.79 Å². The minimum Gasteiger partial charge on any atom is -0.466 e. The summed E-state index contributed by atoms with van der Waals surface area (Å²) in [5.74, 6) is -0.909. The Morgan fingerprint density at radius 2 is 1.84 bits per heavy atom. The normalized spacial score (nSPS) is 17.1. The summed E-state index contributed by atoms with van der Waals surface area (Å²) >= 11 is 0. The molecule has 6 nitrogen and oxygen atoms in total. The molecule has 0 spiro atoms. The molecule has 0 radical (unpaired) electrons. The number of hydroxylamine groups is 2. The van der Waals surface area contributed by atoms with E-state index in [9.17, 15) is 9.59 Å². The Morgan fingerprint density at radius 3 is 2.40 bits per heavy atom. The predicted octanol–water partition coefficient (Wildman–Crippen LogP) is 2.21. The van der Waals surface area contributed by atoms with Crippen molar-refractivity contribution in [3.05, 3.63) is 34.9 Å². The molecule has 0 N–H and O–H groups in total. The number of ether oxygens (including phenoxy) is 2. The molecule has 1 fully saturated rings. The summed E-state index contributed by atoms with van der Waals surface area (Å²) < 4.78 is 10.6. The van der Waals surface area contributed by atoms with Gasteiger partial charge in [-0.25, -0.2) is 4.79 Å². The summed E-state index contributed by atoms with van der Waals surface area (Å²) in [6.45, 7) is 5.05. The second-order valence-electron chi connectivity index (χ2n) is 6.37. The van der Waals surface area contributed by atoms with Crippen LogP contribution in [0, 0.1) is 6.92 Å². The lowest BCUT2D eigenvalue weighted by Crippen LogP contribution is -2.52. The Hall–Kier alpha value is -1.92. The first kappa shape index (κ1) is 19.4. The van der Waals surface area contributed by atoms with Crippen LogP contribution in [-0.4, -0.2) is 49.9 Å². The smallest absolute Gasteiger partial charge is 0.350 e. The highest BCUT2D eigenvalue weighted by Crippen LogP contribution is 2.29. The van der Waals surface area contributed by atoms with Crippen LogP contribution in [0.2, 0.25) is 0 Å². The van der Waals surface area contributed by atoms with Crippen LogP contribution in [0.3, 0.4) is 0 Å². The van der Waals surface area contributed by atoms with E-state index in [1.165, 1.54) is 7.11 Å². The summed E-state index contributed by atoms with van der Waals surface area (Å²) in [6.07, 6.45) is 1.70. The summed E-state index contributed by atoms with van der Waals surface area (Å²) in [4.78, 5) is 30.0. The van der Waals surface area contributed by atoms with Gasteiger partial charge in [-0.2, -0.15) is 5.06 Å². The van der Waals surface area contributed by atoms with Gasteiger partial charge in [0.2, 0.25) is 5.60 Å². The number of aryl methyl sites for hydroxylation is 2. The van der Waals surface area contributed by atoms with E-state index < -0.39 is 17.5 Å². The zero-order valence-corrected chi connectivity index (χ0v) is 15.5. The number of hydrogen-bond acceptors (Lipinski definition) is 6. The SMILES string of the molecule is CCc1ccc(C)cc1CC(=O)OC1(C(=O)OC)CCN(OC)CC1. The highest BCUT2D eigenvalue weighted by Gasteiger charge is 2.46. The lowest BCUT2D eigenvalue weighted by Gasteiger charge is -2.37. The highest BCUT2D eigenvalue weighted by atomic mass is 16.7. The second kappa shape index (κ2) is 8.45. The molecule has 6 heteroatoms. The van der Waals surface area contributed by atoms with Crippen LogP contribution in [0.4, 0.5) is 0 Å². The molecular weight excluding hydrogens is 322 g/mol. The van der Waals surface area contributed by atoms with Gasteiger partial charge in [0.1, 0.15) is 0 Å². The van der Waals surface area contributed by atoms with Gasteiger partial charge < -0.3 is 14.3 Å². The molecule has 1 heterocycles. The molecule has 0 unspecified atom stereocenters. The fourth-order valence-electron chi connectivity index (χ4n) is 3.24. The van der Waals surface area contributed by atoms with Crippen LogP contribution >= 0.6 is 0 Å². The van der Waals surface area contributed by atoms with Crippen LogP contribution in [0.1, 0.15) is 36.5 Å². The minimum absolute atomic E-state index is 0.150. The molecule has 0 atom stereocenters. The van der Waals surface area contributed by atoms with Crippen LogP contribution in [-0.2, 0) is 36.7 Å². The Morgan fingerprint density at radius 1 is 1.16 bits per heavy atom. The number of nitrogens with zero attached hydrogens (tertiary/aromatic N) is 1. The lowest BCUT2D eigenvalue weighted by atomic mass is 9.91. The third kappa shape index (κ3) is 4.58. The number of hydrogen-bond donors (Lipinski definition) is 0. The van der Waals surface area contributed by atoms with Gasteiger partial charge in [-0.15, -0.1) is 0 Å². The van der Waals surface area contributed by atoms with Crippen molar-refractivity contribution in [1.29, 1.82) is 0 Å². The van der Waals surface area contributed by atoms with E-state index in [4.69, 9.17) is 14.3 Å². The lowest BCUT2D eigenvalue weighted by molar-refractivity contribution is -0.205. The summed E-state index contributed by atoms with van der Waals surface area (Å²) in [5, 5.41) is 1.74. The highest BCUT2D eigenvalue weighted by molar-refractivity contribution is 5.84. The first-order valence-electron chi connectivity index (χ1n) is 8.62. The minimum atomic E-state index is -1.23. The Kier molecular flexibility index (Phi) is 6.56. The van der Waals surface area contributed by atoms with Crippen molar-refractivity contribution in [2.24, 2.45) is 0 Å². The van der Waals surface area contributed by atoms with E-state index in [-0.39, 0.29) is 6.42 Å². The van der Waals surface area contributed by atoms with Crippen molar-refractivity contribution in [1.82, 2.24) is 5.06 Å². The van der Waals surface area contributed by atoms with Crippen LogP contribution in [0.15, 0.2) is 18.2 Å². The fourth-order valence-corrected chi connectivity index (χ4v) is 3.24.